The van der Waals surface area contributed by atoms with Gasteiger partial charge in [-0.3, -0.25) is 14.5 Å². The van der Waals surface area contributed by atoms with E-state index < -0.39 is 10.0 Å². The Labute approximate surface area is 180 Å². The average molecular weight is 442 g/mol. The summed E-state index contributed by atoms with van der Waals surface area (Å²) in [6.07, 6.45) is 5.31. The molecule has 0 bridgehead atoms. The molecule has 0 aliphatic heterocycles. The molecule has 8 heteroatoms. The van der Waals surface area contributed by atoms with Crippen molar-refractivity contribution < 1.29 is 13.2 Å². The monoisotopic (exact) mass is 441 g/mol. The molecule has 1 aromatic heterocycles. The smallest absolute Gasteiger partial charge is 0.261 e. The van der Waals surface area contributed by atoms with E-state index in [1.807, 2.05) is 12.1 Å². The molecule has 1 amide bonds. The van der Waals surface area contributed by atoms with Crippen LogP contribution in [0.1, 0.15) is 28.8 Å². The third-order valence-electron chi connectivity index (χ3n) is 4.83. The lowest BCUT2D eigenvalue weighted by atomic mass is 10.1. The minimum atomic E-state index is -3.90. The molecule has 2 aromatic carbocycles. The predicted octanol–water partition coefficient (Wildman–Crippen LogP) is 4.34. The topological polar surface area (TPSA) is 79.4 Å². The van der Waals surface area contributed by atoms with Crippen molar-refractivity contribution in [2.75, 3.05) is 4.72 Å². The number of para-hydroxylation sites is 1. The number of nitrogens with one attached hydrogen (secondary N) is 1. The third-order valence-corrected chi connectivity index (χ3v) is 6.53. The minimum absolute atomic E-state index is 0.00499. The number of halogens is 1. The molecular weight excluding hydrogens is 422 g/mol. The maximum absolute atomic E-state index is 13.2. The number of anilines is 1. The van der Waals surface area contributed by atoms with Crippen LogP contribution in [0, 0.1) is 0 Å². The van der Waals surface area contributed by atoms with Gasteiger partial charge in [0.1, 0.15) is 0 Å². The maximum atomic E-state index is 13.2. The standard InChI is InChI=1S/C22H20ClN3O3S/c23-20-8-1-2-9-21(20)25-30(28,29)19-7-3-6-17(13-19)22(27)26(18-10-11-18)15-16-5-4-12-24-14-16/h1-9,12-14,18,25H,10-11,15H2. The Balaban J connectivity index is 1.59. The Bertz CT molecular complexity index is 1170. The highest BCUT2D eigenvalue weighted by Gasteiger charge is 2.33. The summed E-state index contributed by atoms with van der Waals surface area (Å²) in [5.74, 6) is -0.198. The number of rotatable bonds is 7. The summed E-state index contributed by atoms with van der Waals surface area (Å²) in [6, 6.07) is 16.6. The fraction of sp³-hybridized carbons (Fsp3) is 0.182. The number of carbonyl (C=O) groups is 1. The molecule has 1 heterocycles. The van der Waals surface area contributed by atoms with Crippen molar-refractivity contribution in [3.05, 3.63) is 89.2 Å². The quantitative estimate of drug-likeness (QED) is 0.591. The van der Waals surface area contributed by atoms with Gasteiger partial charge in [0.05, 0.1) is 15.6 Å². The van der Waals surface area contributed by atoms with Crippen LogP contribution in [0.5, 0.6) is 0 Å². The van der Waals surface area contributed by atoms with Gasteiger partial charge in [0, 0.05) is 30.5 Å². The van der Waals surface area contributed by atoms with Crippen LogP contribution in [-0.4, -0.2) is 30.3 Å². The Morgan fingerprint density at radius 1 is 1.10 bits per heavy atom. The number of carbonyl (C=O) groups excluding carboxylic acids is 1. The van der Waals surface area contributed by atoms with E-state index in [0.717, 1.165) is 18.4 Å². The molecule has 6 nitrogen and oxygen atoms in total. The van der Waals surface area contributed by atoms with Gasteiger partial charge in [0.15, 0.2) is 0 Å². The Hall–Kier alpha value is -2.90. The fourth-order valence-corrected chi connectivity index (χ4v) is 4.52. The van der Waals surface area contributed by atoms with Gasteiger partial charge < -0.3 is 4.90 Å². The normalized spacial score (nSPS) is 13.6. The van der Waals surface area contributed by atoms with Gasteiger partial charge in [-0.2, -0.15) is 0 Å². The first-order valence-electron chi connectivity index (χ1n) is 9.51. The molecule has 1 aliphatic rings. The van der Waals surface area contributed by atoms with Crippen LogP contribution >= 0.6 is 11.6 Å². The first-order chi connectivity index (χ1) is 14.4. The molecule has 30 heavy (non-hydrogen) atoms. The van der Waals surface area contributed by atoms with Gasteiger partial charge >= 0.3 is 0 Å². The van der Waals surface area contributed by atoms with Gasteiger partial charge in [-0.1, -0.05) is 35.9 Å². The lowest BCUT2D eigenvalue weighted by Crippen LogP contribution is -2.32. The zero-order valence-electron chi connectivity index (χ0n) is 16.0. The molecule has 0 saturated heterocycles. The molecule has 1 N–H and O–H groups in total. The molecular formula is C22H20ClN3O3S. The van der Waals surface area contributed by atoms with Crippen molar-refractivity contribution >= 4 is 33.2 Å². The van der Waals surface area contributed by atoms with E-state index in [4.69, 9.17) is 11.6 Å². The van der Waals surface area contributed by atoms with Crippen molar-refractivity contribution in [2.45, 2.75) is 30.3 Å². The molecule has 0 radical (unpaired) electrons. The number of benzene rings is 2. The maximum Gasteiger partial charge on any atom is 0.261 e. The molecule has 1 fully saturated rings. The van der Waals surface area contributed by atoms with E-state index in [1.54, 1.807) is 53.7 Å². The van der Waals surface area contributed by atoms with Crippen LogP contribution in [0.2, 0.25) is 5.02 Å². The fourth-order valence-electron chi connectivity index (χ4n) is 3.15. The van der Waals surface area contributed by atoms with E-state index in [1.165, 1.54) is 12.1 Å². The number of sulfonamides is 1. The van der Waals surface area contributed by atoms with Gasteiger partial charge in [-0.25, -0.2) is 8.42 Å². The van der Waals surface area contributed by atoms with E-state index in [9.17, 15) is 13.2 Å². The van der Waals surface area contributed by atoms with Crippen molar-refractivity contribution in [2.24, 2.45) is 0 Å². The average Bonchev–Trinajstić information content (AvgIpc) is 3.59. The Kier molecular flexibility index (Phi) is 5.74. The minimum Gasteiger partial charge on any atom is -0.331 e. The zero-order chi connectivity index (χ0) is 21.1. The zero-order valence-corrected chi connectivity index (χ0v) is 17.6. The summed E-state index contributed by atoms with van der Waals surface area (Å²) in [5, 5.41) is 0.296. The summed E-state index contributed by atoms with van der Waals surface area (Å²) in [4.78, 5) is 19.1. The third kappa shape index (κ3) is 4.63. The highest BCUT2D eigenvalue weighted by Crippen LogP contribution is 2.30. The second kappa shape index (κ2) is 8.45. The SMILES string of the molecule is O=C(c1cccc(S(=O)(=O)Nc2ccccc2Cl)c1)N(Cc1cccnc1)C1CC1. The number of amides is 1. The van der Waals surface area contributed by atoms with Crippen LogP contribution in [0.15, 0.2) is 78.0 Å². The first-order valence-corrected chi connectivity index (χ1v) is 11.4. The molecule has 0 atom stereocenters. The van der Waals surface area contributed by atoms with Crippen LogP contribution in [0.3, 0.4) is 0 Å². The Morgan fingerprint density at radius 3 is 2.60 bits per heavy atom. The molecule has 0 unspecified atom stereocenters. The predicted molar refractivity (Wildman–Crippen MR) is 116 cm³/mol. The van der Waals surface area contributed by atoms with Crippen molar-refractivity contribution in [3.63, 3.8) is 0 Å². The summed E-state index contributed by atoms with van der Waals surface area (Å²) >= 11 is 6.07. The number of aromatic nitrogens is 1. The second-order valence-corrected chi connectivity index (χ2v) is 9.23. The summed E-state index contributed by atoms with van der Waals surface area (Å²) in [5.41, 5.74) is 1.54. The summed E-state index contributed by atoms with van der Waals surface area (Å²) in [7, 11) is -3.90. The van der Waals surface area contributed by atoms with Crippen molar-refractivity contribution in [3.8, 4) is 0 Å². The first kappa shape index (κ1) is 20.4. The Morgan fingerprint density at radius 2 is 1.90 bits per heavy atom. The molecule has 1 saturated carbocycles. The van der Waals surface area contributed by atoms with Crippen LogP contribution in [0.4, 0.5) is 5.69 Å². The van der Waals surface area contributed by atoms with Gasteiger partial charge in [0.25, 0.3) is 15.9 Å². The number of pyridine rings is 1. The van der Waals surface area contributed by atoms with Crippen LogP contribution < -0.4 is 4.72 Å². The molecule has 4 rings (SSSR count). The van der Waals surface area contributed by atoms with E-state index in [0.29, 0.717) is 17.1 Å². The van der Waals surface area contributed by atoms with E-state index in [-0.39, 0.29) is 22.5 Å². The van der Waals surface area contributed by atoms with Gasteiger partial charge in [-0.15, -0.1) is 0 Å². The number of hydrogen-bond donors (Lipinski definition) is 1. The summed E-state index contributed by atoms with van der Waals surface area (Å²) < 4.78 is 28.1. The molecule has 0 spiro atoms. The second-order valence-electron chi connectivity index (χ2n) is 7.14. The highest BCUT2D eigenvalue weighted by atomic mass is 35.5. The van der Waals surface area contributed by atoms with Crippen LogP contribution in [-0.2, 0) is 16.6 Å². The van der Waals surface area contributed by atoms with Gasteiger partial charge in [-0.05, 0) is 54.8 Å². The number of nitrogens with zero attached hydrogens (tertiary/aromatic N) is 2. The lowest BCUT2D eigenvalue weighted by Gasteiger charge is -2.23. The molecule has 3 aromatic rings. The summed E-state index contributed by atoms with van der Waals surface area (Å²) in [6.45, 7) is 0.437. The van der Waals surface area contributed by atoms with Crippen molar-refractivity contribution in [1.82, 2.24) is 9.88 Å². The lowest BCUT2D eigenvalue weighted by molar-refractivity contribution is 0.0729. The van der Waals surface area contributed by atoms with Crippen molar-refractivity contribution in [1.29, 1.82) is 0 Å². The van der Waals surface area contributed by atoms with E-state index in [2.05, 4.69) is 9.71 Å². The highest BCUT2D eigenvalue weighted by molar-refractivity contribution is 7.92. The number of hydrogen-bond acceptors (Lipinski definition) is 4. The van der Waals surface area contributed by atoms with E-state index >= 15 is 0 Å². The molecule has 154 valence electrons. The van der Waals surface area contributed by atoms with Crippen LogP contribution in [0.25, 0.3) is 0 Å². The van der Waals surface area contributed by atoms with Gasteiger partial charge in [0.2, 0.25) is 0 Å². The molecule has 1 aliphatic carbocycles. The largest absolute Gasteiger partial charge is 0.331 e.